The lowest BCUT2D eigenvalue weighted by Gasteiger charge is -2.56. The van der Waals surface area contributed by atoms with E-state index in [2.05, 4.69) is 33.0 Å². The van der Waals surface area contributed by atoms with Crippen LogP contribution < -0.4 is 5.32 Å². The number of ether oxygens (including phenoxy) is 8. The lowest BCUT2D eigenvalue weighted by atomic mass is 9.49. The second-order valence-corrected chi connectivity index (χ2v) is 28.0. The van der Waals surface area contributed by atoms with Crippen LogP contribution in [-0.4, -0.2) is 144 Å². The number of alkyl carbamates (subject to hydrolysis) is 1. The number of carbonyl (C=O) groups is 5. The molecule has 2 aliphatic heterocycles. The zero-order chi connectivity index (χ0) is 54.9. The number of carbonyl (C=O) groups excluding carboxylic acids is 5. The highest BCUT2D eigenvalue weighted by Gasteiger charge is 2.65. The summed E-state index contributed by atoms with van der Waals surface area (Å²) in [5.41, 5.74) is -4.27. The van der Waals surface area contributed by atoms with E-state index in [1.165, 1.54) is 14.0 Å². The van der Waals surface area contributed by atoms with Gasteiger partial charge in [-0.1, -0.05) is 71.4 Å². The molecule has 3 fully saturated rings. The third-order valence-corrected chi connectivity index (χ3v) is 21.7. The van der Waals surface area contributed by atoms with Crippen molar-refractivity contribution in [2.24, 2.45) is 40.9 Å². The van der Waals surface area contributed by atoms with Gasteiger partial charge in [-0.05, 0) is 86.7 Å². The minimum Gasteiger partial charge on any atom is -0.511 e. The number of aliphatic hydroxyl groups is 1. The van der Waals surface area contributed by atoms with Crippen LogP contribution in [0.15, 0.2) is 58.4 Å². The molecule has 20 heteroatoms. The summed E-state index contributed by atoms with van der Waals surface area (Å²) in [6, 6.07) is -1.09. The average Bonchev–Trinajstić information content (AvgIpc) is 3.56. The number of hydrogen-bond acceptors (Lipinski definition) is 17. The van der Waals surface area contributed by atoms with E-state index < -0.39 is 125 Å². The van der Waals surface area contributed by atoms with Crippen molar-refractivity contribution >= 4 is 38.4 Å². The van der Waals surface area contributed by atoms with Gasteiger partial charge < -0.3 is 52.7 Å². The molecule has 6 aliphatic rings. The standard InChI is InChI=1S/C54H80N2O17Si/c1-30-15-18-39(70-42-27-52(9,56(63)64)46(34(5)69-42)55-50(62)66-12)31(2)24-38-40(73-74(13,14)51(6,7)8)25-35(28-57)26-54(38)48(60)43(49(61)72-54)47(59)53(10)37(30)17-16-36-44(53)32(3)23-33(4)45(36)71-41(58)29-68-22-21-67-20-19-65-11/h15-17,24-25,28,32-34,36-40,42,44-46,59H,18-23,26-27,29H2,1-14H3,(H,55,62)/b30-15+,31-24-,47-43?/t32-,33-,34-,36-,37-,38+,39-,40-,42-,44+,45-,46?,52?,53+,54-/m0/s1. The van der Waals surface area contributed by atoms with Crippen molar-refractivity contribution in [3.8, 4) is 0 Å². The maximum Gasteiger partial charge on any atom is 0.407 e. The van der Waals surface area contributed by atoms with E-state index in [4.69, 9.17) is 42.3 Å². The predicted octanol–water partition coefficient (Wildman–Crippen LogP) is 7.47. The van der Waals surface area contributed by atoms with Gasteiger partial charge in [0.2, 0.25) is 11.3 Å². The molecule has 74 heavy (non-hydrogen) atoms. The van der Waals surface area contributed by atoms with Gasteiger partial charge in [0.25, 0.3) is 0 Å². The van der Waals surface area contributed by atoms with Crippen LogP contribution in [0.2, 0.25) is 18.1 Å². The summed E-state index contributed by atoms with van der Waals surface area (Å²) in [6.07, 6.45) is 4.66. The number of nitrogens with one attached hydrogen (secondary N) is 1. The molecular formula is C54H80N2O17Si. The molecule has 6 rings (SSSR count). The number of allylic oxidation sites excluding steroid dienone is 3. The molecular weight excluding hydrogens is 977 g/mol. The number of amides is 1. The Bertz CT molecular complexity index is 2320. The van der Waals surface area contributed by atoms with E-state index in [-0.39, 0.29) is 61.5 Å². The van der Waals surface area contributed by atoms with Crippen molar-refractivity contribution in [1.29, 1.82) is 0 Å². The second kappa shape index (κ2) is 23.0. The molecule has 19 nitrogen and oxygen atoms in total. The van der Waals surface area contributed by atoms with Crippen LogP contribution in [0.5, 0.6) is 0 Å². The Balaban J connectivity index is 1.50. The third kappa shape index (κ3) is 11.4. The van der Waals surface area contributed by atoms with Gasteiger partial charge in [-0.25, -0.2) is 14.4 Å². The number of ketones is 1. The quantitative estimate of drug-likeness (QED) is 0.0175. The zero-order valence-electron chi connectivity index (χ0n) is 45.7. The van der Waals surface area contributed by atoms with Crippen LogP contribution >= 0.6 is 0 Å². The van der Waals surface area contributed by atoms with Gasteiger partial charge in [0.05, 0.1) is 64.2 Å². The van der Waals surface area contributed by atoms with Gasteiger partial charge in [-0.3, -0.25) is 19.7 Å². The molecule has 2 saturated heterocycles. The molecule has 15 atom stereocenters. The first-order chi connectivity index (χ1) is 34.6. The van der Waals surface area contributed by atoms with Crippen LogP contribution in [0.3, 0.4) is 0 Å². The summed E-state index contributed by atoms with van der Waals surface area (Å²) < 4.78 is 53.8. The number of esters is 2. The SMILES string of the molecule is COCCOCCOCC(=O)O[C@@H]1[C@H]2C=C[C@H]3/C(C)=C/C[C@H](O[C@H]4CC(C)([N+](=O)[O-])C(NC(=O)OC)[C@H](C)O4)/C(C)=C\[C@@H]4[C@@H](O[Si](C)(C)C(C)(C)C)C=C(C=O)C[C@]45OC(=O)C(=C(O)[C@@]3(C)[C@@H]2[C@@H](C)C[C@@H]1C)C5=O. The minimum absolute atomic E-state index is 0.130. The molecule has 2 unspecified atom stereocenters. The lowest BCUT2D eigenvalue weighted by Crippen LogP contribution is -2.65. The molecule has 1 amide bonds. The average molecular weight is 1060 g/mol. The number of aliphatic hydroxyl groups excluding tert-OH is 1. The number of rotatable bonds is 16. The Hall–Kier alpha value is -4.57. The third-order valence-electron chi connectivity index (χ3n) is 17.2. The number of nitrogens with zero attached hydrogens (tertiary/aromatic N) is 1. The van der Waals surface area contributed by atoms with Gasteiger partial charge in [-0.2, -0.15) is 0 Å². The van der Waals surface area contributed by atoms with E-state index >= 15 is 4.79 Å². The molecule has 1 saturated carbocycles. The lowest BCUT2D eigenvalue weighted by molar-refractivity contribution is -0.584. The van der Waals surface area contributed by atoms with E-state index in [0.717, 1.165) is 5.57 Å². The second-order valence-electron chi connectivity index (χ2n) is 23.2. The number of methoxy groups -OCH3 is 2. The van der Waals surface area contributed by atoms with E-state index in [1.54, 1.807) is 33.1 Å². The Morgan fingerprint density at radius 3 is 2.31 bits per heavy atom. The van der Waals surface area contributed by atoms with Gasteiger partial charge >= 0.3 is 18.0 Å². The Morgan fingerprint density at radius 2 is 1.68 bits per heavy atom. The minimum atomic E-state index is -2.74. The summed E-state index contributed by atoms with van der Waals surface area (Å²) in [4.78, 5) is 81.9. The van der Waals surface area contributed by atoms with E-state index in [0.29, 0.717) is 31.5 Å². The first-order valence-corrected chi connectivity index (χ1v) is 28.7. The molecule has 412 valence electrons. The predicted molar refractivity (Wildman–Crippen MR) is 273 cm³/mol. The molecule has 0 aromatic carbocycles. The summed E-state index contributed by atoms with van der Waals surface area (Å²) >= 11 is 0. The first-order valence-electron chi connectivity index (χ1n) is 25.8. The van der Waals surface area contributed by atoms with Gasteiger partial charge in [0.1, 0.15) is 36.4 Å². The molecule has 4 aliphatic carbocycles. The Morgan fingerprint density at radius 1 is 1.00 bits per heavy atom. The molecule has 1 spiro atoms. The van der Waals surface area contributed by atoms with Crippen molar-refractivity contribution < 1.29 is 76.3 Å². The van der Waals surface area contributed by atoms with Gasteiger partial charge in [-0.15, -0.1) is 0 Å². The molecule has 2 N–H and O–H groups in total. The van der Waals surface area contributed by atoms with Crippen molar-refractivity contribution in [3.05, 3.63) is 68.5 Å². The van der Waals surface area contributed by atoms with Crippen LogP contribution in [0, 0.1) is 51.0 Å². The maximum absolute atomic E-state index is 15.8. The van der Waals surface area contributed by atoms with Crippen molar-refractivity contribution in [2.45, 2.75) is 161 Å². The van der Waals surface area contributed by atoms with Crippen LogP contribution in [0.25, 0.3) is 0 Å². The largest absolute Gasteiger partial charge is 0.511 e. The number of fused-ring (bicyclic) bond motifs is 4. The number of aldehydes is 1. The van der Waals surface area contributed by atoms with Gasteiger partial charge in [0.15, 0.2) is 20.2 Å². The molecule has 0 aromatic rings. The highest BCUT2D eigenvalue weighted by Crippen LogP contribution is 2.61. The normalized spacial score (nSPS) is 37.9. The highest BCUT2D eigenvalue weighted by molar-refractivity contribution is 6.74. The molecule has 0 radical (unpaired) electrons. The fourth-order valence-corrected chi connectivity index (χ4v) is 13.6. The number of nitro groups is 1. The smallest absolute Gasteiger partial charge is 0.407 e. The Kier molecular flexibility index (Phi) is 18.2. The molecule has 2 heterocycles. The van der Waals surface area contributed by atoms with Crippen molar-refractivity contribution in [3.63, 3.8) is 0 Å². The van der Waals surface area contributed by atoms with Crippen LogP contribution in [0.1, 0.15) is 94.9 Å². The molecule has 2 bridgehead atoms. The topological polar surface area (TPSA) is 244 Å². The summed E-state index contributed by atoms with van der Waals surface area (Å²) in [5, 5.41) is 28.3. The van der Waals surface area contributed by atoms with Gasteiger partial charge in [0, 0.05) is 42.6 Å². The van der Waals surface area contributed by atoms with Crippen molar-refractivity contribution in [2.75, 3.05) is 47.3 Å². The number of Topliss-reactive ketones (excluding diaryl/α,β-unsaturated/α-hetero) is 1. The number of hydrogen-bond donors (Lipinski definition) is 2. The zero-order valence-corrected chi connectivity index (χ0v) is 46.7. The Labute approximate surface area is 436 Å². The fraction of sp³-hybridized carbons (Fsp3) is 0.722. The first kappa shape index (κ1) is 58.7. The maximum atomic E-state index is 15.8. The summed E-state index contributed by atoms with van der Waals surface area (Å²) in [7, 11) is -0.00329. The summed E-state index contributed by atoms with van der Waals surface area (Å²) in [5.74, 6) is -5.87. The van der Waals surface area contributed by atoms with Crippen LogP contribution in [-0.2, 0) is 61.5 Å². The van der Waals surface area contributed by atoms with Crippen LogP contribution in [0.4, 0.5) is 4.79 Å². The van der Waals surface area contributed by atoms with E-state index in [1.807, 2.05) is 52.1 Å². The molecule has 0 aromatic heterocycles. The summed E-state index contributed by atoms with van der Waals surface area (Å²) in [6.45, 7) is 23.8. The monoisotopic (exact) mass is 1060 g/mol. The van der Waals surface area contributed by atoms with Crippen molar-refractivity contribution in [1.82, 2.24) is 5.32 Å². The highest BCUT2D eigenvalue weighted by atomic mass is 28.4. The fourth-order valence-electron chi connectivity index (χ4n) is 12.3. The van der Waals surface area contributed by atoms with E-state index in [9.17, 15) is 34.4 Å².